The first-order chi connectivity index (χ1) is 8.15. The van der Waals surface area contributed by atoms with E-state index in [0.29, 0.717) is 0 Å². The van der Waals surface area contributed by atoms with Gasteiger partial charge in [0, 0.05) is 22.5 Å². The number of benzene rings is 1. The Morgan fingerprint density at radius 1 is 1.29 bits per heavy atom. The van der Waals surface area contributed by atoms with Crippen LogP contribution in [0.3, 0.4) is 0 Å². The van der Waals surface area contributed by atoms with Crippen LogP contribution in [-0.4, -0.2) is 26.0 Å². The fourth-order valence-electron chi connectivity index (χ4n) is 1.56. The van der Waals surface area contributed by atoms with E-state index < -0.39 is 11.9 Å². The molecule has 0 spiro atoms. The standard InChI is InChI=1S/C12H11NO3S/c1-13(11(14)12(15)16-2)9-7-17-10-6-4-3-5-8(9)10/h3-7H,1-2H3. The Morgan fingerprint density at radius 2 is 2.00 bits per heavy atom. The highest BCUT2D eigenvalue weighted by Gasteiger charge is 2.22. The van der Waals surface area contributed by atoms with Crippen LogP contribution in [0.2, 0.25) is 0 Å². The molecule has 4 nitrogen and oxygen atoms in total. The van der Waals surface area contributed by atoms with Gasteiger partial charge in [0.1, 0.15) is 0 Å². The van der Waals surface area contributed by atoms with Crippen molar-refractivity contribution in [3.05, 3.63) is 29.6 Å². The van der Waals surface area contributed by atoms with E-state index in [1.807, 2.05) is 29.6 Å². The monoisotopic (exact) mass is 249 g/mol. The van der Waals surface area contributed by atoms with Gasteiger partial charge in [-0.05, 0) is 6.07 Å². The van der Waals surface area contributed by atoms with Crippen LogP contribution in [0.5, 0.6) is 0 Å². The maximum atomic E-state index is 11.7. The number of amides is 1. The highest BCUT2D eigenvalue weighted by Crippen LogP contribution is 2.32. The zero-order valence-corrected chi connectivity index (χ0v) is 10.3. The molecule has 1 aromatic heterocycles. The number of rotatable bonds is 1. The van der Waals surface area contributed by atoms with Gasteiger partial charge in [-0.15, -0.1) is 11.3 Å². The van der Waals surface area contributed by atoms with Crippen molar-refractivity contribution in [1.82, 2.24) is 0 Å². The molecule has 5 heteroatoms. The third-order valence-corrected chi connectivity index (χ3v) is 3.44. The van der Waals surface area contributed by atoms with Gasteiger partial charge in [0.25, 0.3) is 0 Å². The van der Waals surface area contributed by atoms with Crippen molar-refractivity contribution < 1.29 is 14.3 Å². The van der Waals surface area contributed by atoms with Crippen LogP contribution in [0.25, 0.3) is 10.1 Å². The van der Waals surface area contributed by atoms with Gasteiger partial charge in [0.2, 0.25) is 0 Å². The number of carbonyl (C=O) groups is 2. The summed E-state index contributed by atoms with van der Waals surface area (Å²) in [5, 5.41) is 2.81. The number of ether oxygens (including phenoxy) is 1. The number of esters is 1. The number of likely N-dealkylation sites (N-methyl/N-ethyl adjacent to an activating group) is 1. The second-order valence-electron chi connectivity index (χ2n) is 3.47. The molecule has 0 fully saturated rings. The Kier molecular flexibility index (Phi) is 3.10. The van der Waals surface area contributed by atoms with E-state index >= 15 is 0 Å². The Hall–Kier alpha value is -1.88. The van der Waals surface area contributed by atoms with E-state index in [9.17, 15) is 9.59 Å². The zero-order chi connectivity index (χ0) is 12.4. The van der Waals surface area contributed by atoms with Crippen molar-refractivity contribution >= 4 is 39.0 Å². The Labute approximate surface area is 102 Å². The molecule has 88 valence electrons. The van der Waals surface area contributed by atoms with Crippen molar-refractivity contribution in [2.45, 2.75) is 0 Å². The molecule has 0 radical (unpaired) electrons. The SMILES string of the molecule is COC(=O)C(=O)N(C)c1csc2ccccc12. The molecule has 1 heterocycles. The minimum Gasteiger partial charge on any atom is -0.462 e. The van der Waals surface area contributed by atoms with E-state index in [1.54, 1.807) is 7.05 Å². The molecule has 0 unspecified atom stereocenters. The lowest BCUT2D eigenvalue weighted by atomic mass is 10.2. The minimum atomic E-state index is -0.859. The van der Waals surface area contributed by atoms with Crippen LogP contribution in [0, 0.1) is 0 Å². The lowest BCUT2D eigenvalue weighted by Gasteiger charge is -2.14. The van der Waals surface area contributed by atoms with E-state index in [-0.39, 0.29) is 0 Å². The van der Waals surface area contributed by atoms with Crippen LogP contribution in [0.15, 0.2) is 29.6 Å². The van der Waals surface area contributed by atoms with Crippen LogP contribution in [-0.2, 0) is 14.3 Å². The molecule has 0 aliphatic heterocycles. The van der Waals surface area contributed by atoms with Crippen molar-refractivity contribution in [2.24, 2.45) is 0 Å². The second kappa shape index (κ2) is 4.55. The van der Waals surface area contributed by atoms with Crippen LogP contribution >= 0.6 is 11.3 Å². The summed E-state index contributed by atoms with van der Waals surface area (Å²) in [7, 11) is 2.76. The Morgan fingerprint density at radius 3 is 2.71 bits per heavy atom. The van der Waals surface area contributed by atoms with Gasteiger partial charge < -0.3 is 9.64 Å². The molecular formula is C12H11NO3S. The van der Waals surface area contributed by atoms with Gasteiger partial charge in [0.05, 0.1) is 12.8 Å². The quantitative estimate of drug-likeness (QED) is 0.574. The Bertz CT molecular complexity index is 576. The highest BCUT2D eigenvalue weighted by molar-refractivity contribution is 7.17. The average molecular weight is 249 g/mol. The maximum Gasteiger partial charge on any atom is 0.397 e. The molecule has 1 amide bonds. The molecule has 0 aliphatic carbocycles. The number of nitrogens with zero attached hydrogens (tertiary/aromatic N) is 1. The van der Waals surface area contributed by atoms with Crippen molar-refractivity contribution in [1.29, 1.82) is 0 Å². The fraction of sp³-hybridized carbons (Fsp3) is 0.167. The van der Waals surface area contributed by atoms with E-state index in [1.165, 1.54) is 23.3 Å². The van der Waals surface area contributed by atoms with E-state index in [0.717, 1.165) is 15.8 Å². The van der Waals surface area contributed by atoms with Crippen molar-refractivity contribution in [3.8, 4) is 0 Å². The smallest absolute Gasteiger partial charge is 0.397 e. The maximum absolute atomic E-state index is 11.7. The summed E-state index contributed by atoms with van der Waals surface area (Å²) < 4.78 is 5.49. The zero-order valence-electron chi connectivity index (χ0n) is 9.47. The lowest BCUT2D eigenvalue weighted by molar-refractivity contribution is -0.151. The summed E-state index contributed by atoms with van der Waals surface area (Å²) in [4.78, 5) is 24.2. The predicted octanol–water partition coefficient (Wildman–Crippen LogP) is 2.04. The van der Waals surface area contributed by atoms with Crippen LogP contribution < -0.4 is 4.90 Å². The molecule has 0 bridgehead atoms. The van der Waals surface area contributed by atoms with Crippen LogP contribution in [0.1, 0.15) is 0 Å². The third kappa shape index (κ3) is 2.01. The molecule has 1 aromatic carbocycles. The second-order valence-corrected chi connectivity index (χ2v) is 4.38. The molecule has 0 N–H and O–H groups in total. The lowest BCUT2D eigenvalue weighted by Crippen LogP contribution is -2.33. The van der Waals surface area contributed by atoms with Gasteiger partial charge >= 0.3 is 11.9 Å². The topological polar surface area (TPSA) is 46.6 Å². The number of fused-ring (bicyclic) bond motifs is 1. The van der Waals surface area contributed by atoms with E-state index in [4.69, 9.17) is 0 Å². The number of hydrogen-bond acceptors (Lipinski definition) is 4. The summed E-state index contributed by atoms with van der Waals surface area (Å²) in [6.45, 7) is 0. The molecule has 2 rings (SSSR count). The summed E-state index contributed by atoms with van der Waals surface area (Å²) in [6, 6.07) is 7.72. The van der Waals surface area contributed by atoms with Crippen molar-refractivity contribution in [2.75, 3.05) is 19.1 Å². The molecular weight excluding hydrogens is 238 g/mol. The van der Waals surface area contributed by atoms with Gasteiger partial charge in [0.15, 0.2) is 0 Å². The first kappa shape index (κ1) is 11.6. The number of anilines is 1. The van der Waals surface area contributed by atoms with Crippen LogP contribution in [0.4, 0.5) is 5.69 Å². The molecule has 0 atom stereocenters. The predicted molar refractivity (Wildman–Crippen MR) is 67.3 cm³/mol. The normalized spacial score (nSPS) is 10.2. The number of carbonyl (C=O) groups excluding carboxylic acids is 2. The molecule has 17 heavy (non-hydrogen) atoms. The summed E-state index contributed by atoms with van der Waals surface area (Å²) in [5.74, 6) is -1.53. The fourth-order valence-corrected chi connectivity index (χ4v) is 2.54. The molecule has 0 saturated carbocycles. The number of methoxy groups -OCH3 is 1. The minimum absolute atomic E-state index is 0.670. The average Bonchev–Trinajstić information content (AvgIpc) is 2.79. The van der Waals surface area contributed by atoms with Crippen molar-refractivity contribution in [3.63, 3.8) is 0 Å². The first-order valence-electron chi connectivity index (χ1n) is 4.97. The number of hydrogen-bond donors (Lipinski definition) is 0. The summed E-state index contributed by atoms with van der Waals surface area (Å²) in [5.41, 5.74) is 0.723. The summed E-state index contributed by atoms with van der Waals surface area (Å²) in [6.07, 6.45) is 0. The van der Waals surface area contributed by atoms with E-state index in [2.05, 4.69) is 4.74 Å². The van der Waals surface area contributed by atoms with Gasteiger partial charge in [-0.1, -0.05) is 18.2 Å². The first-order valence-corrected chi connectivity index (χ1v) is 5.85. The molecule has 2 aromatic rings. The number of thiophene rings is 1. The Balaban J connectivity index is 2.40. The van der Waals surface area contributed by atoms with Gasteiger partial charge in [-0.3, -0.25) is 4.79 Å². The third-order valence-electron chi connectivity index (χ3n) is 2.49. The highest BCUT2D eigenvalue weighted by atomic mass is 32.1. The van der Waals surface area contributed by atoms with Gasteiger partial charge in [-0.25, -0.2) is 4.79 Å². The van der Waals surface area contributed by atoms with Gasteiger partial charge in [-0.2, -0.15) is 0 Å². The molecule has 0 aliphatic rings. The largest absolute Gasteiger partial charge is 0.462 e. The molecule has 0 saturated heterocycles. The summed E-state index contributed by atoms with van der Waals surface area (Å²) >= 11 is 1.53.